The van der Waals surface area contributed by atoms with E-state index in [0.717, 1.165) is 4.47 Å². The molecule has 0 atom stereocenters. The topological polar surface area (TPSA) is 64.3 Å². The fourth-order valence-corrected chi connectivity index (χ4v) is 1.60. The molecule has 4 nitrogen and oxygen atoms in total. The van der Waals surface area contributed by atoms with Crippen molar-refractivity contribution in [1.29, 1.82) is 0 Å². The Hall–Kier alpha value is -1.07. The zero-order valence-electron chi connectivity index (χ0n) is 10.2. The second-order valence-corrected chi connectivity index (χ2v) is 5.24. The number of carbonyl (C=O) groups excluding carboxylic acids is 1. The van der Waals surface area contributed by atoms with E-state index in [0.29, 0.717) is 17.8 Å². The highest BCUT2D eigenvalue weighted by Crippen LogP contribution is 2.19. The van der Waals surface area contributed by atoms with Crippen molar-refractivity contribution in [3.8, 4) is 0 Å². The Bertz CT molecular complexity index is 419. The first-order chi connectivity index (χ1) is 7.85. The summed E-state index contributed by atoms with van der Waals surface area (Å²) in [5.74, 6) is -0.172. The highest BCUT2D eigenvalue weighted by Gasteiger charge is 2.18. The third-order valence-corrected chi connectivity index (χ3v) is 3.15. The smallest absolute Gasteiger partial charge is 0.252 e. The Morgan fingerprint density at radius 1 is 1.53 bits per heavy atom. The second kappa shape index (κ2) is 5.51. The highest BCUT2D eigenvalue weighted by atomic mass is 79.9. The Balaban J connectivity index is 2.74. The van der Waals surface area contributed by atoms with E-state index in [2.05, 4.69) is 21.2 Å². The molecule has 0 bridgehead atoms. The molecule has 5 heteroatoms. The van der Waals surface area contributed by atoms with Crippen LogP contribution >= 0.6 is 15.9 Å². The van der Waals surface area contributed by atoms with Crippen LogP contribution < -0.4 is 11.1 Å². The molecule has 0 aromatic heterocycles. The Labute approximate surface area is 110 Å². The van der Waals surface area contributed by atoms with Gasteiger partial charge < -0.3 is 15.8 Å². The molecule has 94 valence electrons. The maximum atomic E-state index is 11.9. The SMILES string of the molecule is COC(C)(C)CNC(=O)c1cc(N)ccc1Br. The zero-order chi connectivity index (χ0) is 13.1. The number of hydrogen-bond donors (Lipinski definition) is 2. The molecule has 0 saturated carbocycles. The largest absolute Gasteiger partial charge is 0.399 e. The predicted octanol–water partition coefficient (Wildman–Crippen LogP) is 2.19. The van der Waals surface area contributed by atoms with Gasteiger partial charge in [-0.2, -0.15) is 0 Å². The molecule has 0 heterocycles. The molecular formula is C12H17BrN2O2. The van der Waals surface area contributed by atoms with Gasteiger partial charge in [0, 0.05) is 23.8 Å². The molecule has 1 aromatic rings. The summed E-state index contributed by atoms with van der Waals surface area (Å²) in [6.45, 7) is 4.24. The molecule has 3 N–H and O–H groups in total. The number of amides is 1. The van der Waals surface area contributed by atoms with Crippen molar-refractivity contribution >= 4 is 27.5 Å². The third kappa shape index (κ3) is 4.02. The van der Waals surface area contributed by atoms with Crippen molar-refractivity contribution in [2.45, 2.75) is 19.4 Å². The number of nitrogen functional groups attached to an aromatic ring is 1. The van der Waals surface area contributed by atoms with Crippen LogP contribution in [-0.2, 0) is 4.74 Å². The molecule has 0 saturated heterocycles. The summed E-state index contributed by atoms with van der Waals surface area (Å²) in [6.07, 6.45) is 0. The van der Waals surface area contributed by atoms with Crippen LogP contribution in [0.4, 0.5) is 5.69 Å². The van der Waals surface area contributed by atoms with Crippen LogP contribution in [0.5, 0.6) is 0 Å². The van der Waals surface area contributed by atoms with Crippen LogP contribution in [0.3, 0.4) is 0 Å². The quantitative estimate of drug-likeness (QED) is 0.838. The number of nitrogens with one attached hydrogen (secondary N) is 1. The summed E-state index contributed by atoms with van der Waals surface area (Å²) in [4.78, 5) is 11.9. The molecule has 17 heavy (non-hydrogen) atoms. The van der Waals surface area contributed by atoms with Gasteiger partial charge in [0.05, 0.1) is 11.2 Å². The number of rotatable bonds is 4. The van der Waals surface area contributed by atoms with Crippen molar-refractivity contribution in [3.05, 3.63) is 28.2 Å². The van der Waals surface area contributed by atoms with Gasteiger partial charge in [-0.3, -0.25) is 4.79 Å². The van der Waals surface area contributed by atoms with Crippen molar-refractivity contribution in [3.63, 3.8) is 0 Å². The molecular weight excluding hydrogens is 284 g/mol. The van der Waals surface area contributed by atoms with Crippen LogP contribution in [0.1, 0.15) is 24.2 Å². The van der Waals surface area contributed by atoms with Crippen LogP contribution in [0.2, 0.25) is 0 Å². The zero-order valence-corrected chi connectivity index (χ0v) is 11.8. The van der Waals surface area contributed by atoms with Crippen molar-refractivity contribution < 1.29 is 9.53 Å². The number of halogens is 1. The van der Waals surface area contributed by atoms with E-state index in [1.165, 1.54) is 0 Å². The summed E-state index contributed by atoms with van der Waals surface area (Å²) in [7, 11) is 1.61. The highest BCUT2D eigenvalue weighted by molar-refractivity contribution is 9.10. The number of benzene rings is 1. The number of carbonyl (C=O) groups is 1. The van der Waals surface area contributed by atoms with E-state index in [1.54, 1.807) is 25.3 Å². The van der Waals surface area contributed by atoms with Crippen molar-refractivity contribution in [1.82, 2.24) is 5.32 Å². The summed E-state index contributed by atoms with van der Waals surface area (Å²) in [5.41, 5.74) is 6.35. The summed E-state index contributed by atoms with van der Waals surface area (Å²) >= 11 is 3.32. The molecule has 0 aliphatic heterocycles. The summed E-state index contributed by atoms with van der Waals surface area (Å²) < 4.78 is 5.95. The number of nitrogens with two attached hydrogens (primary N) is 1. The normalized spacial score (nSPS) is 11.3. The van der Waals surface area contributed by atoms with E-state index in [4.69, 9.17) is 10.5 Å². The molecule has 1 aromatic carbocycles. The lowest BCUT2D eigenvalue weighted by molar-refractivity contribution is 0.0228. The monoisotopic (exact) mass is 300 g/mol. The second-order valence-electron chi connectivity index (χ2n) is 4.39. The van der Waals surface area contributed by atoms with E-state index in [-0.39, 0.29) is 11.5 Å². The average molecular weight is 301 g/mol. The van der Waals surface area contributed by atoms with Gasteiger partial charge in [-0.05, 0) is 48.0 Å². The molecule has 0 radical (unpaired) electrons. The fourth-order valence-electron chi connectivity index (χ4n) is 1.18. The molecule has 0 aliphatic carbocycles. The van der Waals surface area contributed by atoms with Gasteiger partial charge in [-0.25, -0.2) is 0 Å². The minimum Gasteiger partial charge on any atom is -0.399 e. The lowest BCUT2D eigenvalue weighted by Crippen LogP contribution is -2.39. The van der Waals surface area contributed by atoms with Crippen molar-refractivity contribution in [2.75, 3.05) is 19.4 Å². The van der Waals surface area contributed by atoms with Gasteiger partial charge in [0.25, 0.3) is 5.91 Å². The summed E-state index contributed by atoms with van der Waals surface area (Å²) in [5, 5.41) is 2.81. The molecule has 0 spiro atoms. The van der Waals surface area contributed by atoms with E-state index < -0.39 is 0 Å². The number of methoxy groups -OCH3 is 1. The fraction of sp³-hybridized carbons (Fsp3) is 0.417. The molecule has 1 rings (SSSR count). The van der Waals surface area contributed by atoms with E-state index in [9.17, 15) is 4.79 Å². The first-order valence-corrected chi connectivity index (χ1v) is 6.03. The number of hydrogen-bond acceptors (Lipinski definition) is 3. The third-order valence-electron chi connectivity index (χ3n) is 2.46. The van der Waals surface area contributed by atoms with Crippen LogP contribution in [0.25, 0.3) is 0 Å². The minimum absolute atomic E-state index is 0.172. The predicted molar refractivity (Wildman–Crippen MR) is 72.0 cm³/mol. The summed E-state index contributed by atoms with van der Waals surface area (Å²) in [6, 6.07) is 5.13. The lowest BCUT2D eigenvalue weighted by Gasteiger charge is -2.23. The standard InChI is InChI=1S/C12H17BrN2O2/c1-12(2,17-3)7-15-11(16)9-6-8(14)4-5-10(9)13/h4-6H,7,14H2,1-3H3,(H,15,16). The van der Waals surface area contributed by atoms with Crippen LogP contribution in [-0.4, -0.2) is 25.2 Å². The molecule has 0 unspecified atom stereocenters. The van der Waals surface area contributed by atoms with Gasteiger partial charge in [-0.1, -0.05) is 0 Å². The average Bonchev–Trinajstić information content (AvgIpc) is 2.29. The van der Waals surface area contributed by atoms with E-state index in [1.807, 2.05) is 13.8 Å². The van der Waals surface area contributed by atoms with Crippen LogP contribution in [0.15, 0.2) is 22.7 Å². The maximum Gasteiger partial charge on any atom is 0.252 e. The minimum atomic E-state index is -0.386. The van der Waals surface area contributed by atoms with Gasteiger partial charge in [0.15, 0.2) is 0 Å². The van der Waals surface area contributed by atoms with E-state index >= 15 is 0 Å². The number of anilines is 1. The molecule has 1 amide bonds. The Morgan fingerprint density at radius 3 is 2.76 bits per heavy atom. The Kier molecular flexibility index (Phi) is 4.54. The molecule has 0 aliphatic rings. The first kappa shape index (κ1) is 14.0. The maximum absolute atomic E-state index is 11.9. The Morgan fingerprint density at radius 2 is 2.18 bits per heavy atom. The number of ether oxygens (including phenoxy) is 1. The first-order valence-electron chi connectivity index (χ1n) is 5.24. The van der Waals surface area contributed by atoms with Gasteiger partial charge in [0.2, 0.25) is 0 Å². The van der Waals surface area contributed by atoms with Crippen molar-refractivity contribution in [2.24, 2.45) is 0 Å². The lowest BCUT2D eigenvalue weighted by atomic mass is 10.1. The molecule has 0 fully saturated rings. The van der Waals surface area contributed by atoms with Crippen LogP contribution in [0, 0.1) is 0 Å². The van der Waals surface area contributed by atoms with Gasteiger partial charge >= 0.3 is 0 Å². The van der Waals surface area contributed by atoms with Gasteiger partial charge in [-0.15, -0.1) is 0 Å². The van der Waals surface area contributed by atoms with Gasteiger partial charge in [0.1, 0.15) is 0 Å².